The molecule has 84 valence electrons. The van der Waals surface area contributed by atoms with Gasteiger partial charge < -0.3 is 4.74 Å². The van der Waals surface area contributed by atoms with Crippen LogP contribution in [-0.2, 0) is 0 Å². The van der Waals surface area contributed by atoms with Crippen LogP contribution in [0.2, 0.25) is 0 Å². The molecule has 0 aliphatic rings. The molecule has 0 atom stereocenters. The van der Waals surface area contributed by atoms with Gasteiger partial charge in [-0.05, 0) is 59.0 Å². The number of nitriles is 1. The molecule has 0 fully saturated rings. The van der Waals surface area contributed by atoms with E-state index >= 15 is 0 Å². The summed E-state index contributed by atoms with van der Waals surface area (Å²) < 4.78 is 7.65. The second kappa shape index (κ2) is 5.52. The summed E-state index contributed by atoms with van der Waals surface area (Å²) in [5.41, 5.74) is 0.512. The van der Waals surface area contributed by atoms with Crippen molar-refractivity contribution in [1.82, 2.24) is 0 Å². The van der Waals surface area contributed by atoms with Crippen LogP contribution in [0.15, 0.2) is 46.9 Å². The van der Waals surface area contributed by atoms with Crippen LogP contribution in [0.4, 0.5) is 0 Å². The zero-order valence-electron chi connectivity index (χ0n) is 8.65. The summed E-state index contributed by atoms with van der Waals surface area (Å²) in [5.74, 6) is 1.30. The number of ether oxygens (including phenoxy) is 1. The number of halogens is 2. The molecule has 2 rings (SSSR count). The van der Waals surface area contributed by atoms with Gasteiger partial charge in [-0.25, -0.2) is 0 Å². The maximum atomic E-state index is 9.02. The molecule has 0 radical (unpaired) electrons. The van der Waals surface area contributed by atoms with E-state index in [1.807, 2.05) is 30.3 Å². The molecule has 0 saturated heterocycles. The fourth-order valence-corrected chi connectivity index (χ4v) is 2.21. The maximum Gasteiger partial charge on any atom is 0.145 e. The van der Waals surface area contributed by atoms with Crippen molar-refractivity contribution < 1.29 is 4.74 Å². The van der Waals surface area contributed by atoms with Gasteiger partial charge >= 0.3 is 0 Å². The quantitative estimate of drug-likeness (QED) is 0.684. The normalized spacial score (nSPS) is 9.71. The van der Waals surface area contributed by atoms with Crippen molar-refractivity contribution in [1.29, 1.82) is 5.26 Å². The summed E-state index contributed by atoms with van der Waals surface area (Å²) in [6.45, 7) is 0. The van der Waals surface area contributed by atoms with Crippen LogP contribution in [0.25, 0.3) is 0 Å². The lowest BCUT2D eigenvalue weighted by atomic mass is 10.2. The second-order valence-corrected chi connectivity index (χ2v) is 5.47. The first-order valence-electron chi connectivity index (χ1n) is 4.82. The van der Waals surface area contributed by atoms with Crippen LogP contribution in [0.1, 0.15) is 5.56 Å². The minimum absolute atomic E-state index is 0.512. The molecule has 0 aliphatic carbocycles. The summed E-state index contributed by atoms with van der Waals surface area (Å²) in [5, 5.41) is 9.02. The standard InChI is InChI=1S/C13H7BrINO/c14-10-4-5-13(9(6-10)8-16)17-12-3-1-2-11(15)7-12/h1-7H. The van der Waals surface area contributed by atoms with Gasteiger partial charge in [-0.2, -0.15) is 5.26 Å². The van der Waals surface area contributed by atoms with Crippen molar-refractivity contribution >= 4 is 38.5 Å². The molecule has 0 amide bonds. The highest BCUT2D eigenvalue weighted by atomic mass is 127. The molecule has 0 spiro atoms. The smallest absolute Gasteiger partial charge is 0.145 e. The Labute approximate surface area is 121 Å². The predicted octanol–water partition coefficient (Wildman–Crippen LogP) is 4.72. The average Bonchev–Trinajstić information content (AvgIpc) is 2.31. The van der Waals surface area contributed by atoms with Crippen molar-refractivity contribution in [2.24, 2.45) is 0 Å². The Balaban J connectivity index is 2.34. The van der Waals surface area contributed by atoms with E-state index in [1.165, 1.54) is 0 Å². The third-order valence-corrected chi connectivity index (χ3v) is 3.25. The number of hydrogen-bond donors (Lipinski definition) is 0. The third kappa shape index (κ3) is 3.20. The number of hydrogen-bond acceptors (Lipinski definition) is 2. The zero-order chi connectivity index (χ0) is 12.3. The molecule has 2 aromatic rings. The SMILES string of the molecule is N#Cc1cc(Br)ccc1Oc1cccc(I)c1. The molecule has 2 aromatic carbocycles. The van der Waals surface area contributed by atoms with Gasteiger partial charge in [-0.15, -0.1) is 0 Å². The summed E-state index contributed by atoms with van der Waals surface area (Å²) in [6, 6.07) is 15.2. The van der Waals surface area contributed by atoms with Gasteiger partial charge in [-0.1, -0.05) is 22.0 Å². The van der Waals surface area contributed by atoms with E-state index in [-0.39, 0.29) is 0 Å². The van der Waals surface area contributed by atoms with Crippen LogP contribution in [0, 0.1) is 14.9 Å². The highest BCUT2D eigenvalue weighted by Gasteiger charge is 2.05. The summed E-state index contributed by atoms with van der Waals surface area (Å²) in [4.78, 5) is 0. The lowest BCUT2D eigenvalue weighted by molar-refractivity contribution is 0.480. The monoisotopic (exact) mass is 399 g/mol. The Hall–Kier alpha value is -1.06. The largest absolute Gasteiger partial charge is 0.456 e. The molecule has 17 heavy (non-hydrogen) atoms. The van der Waals surface area contributed by atoms with Crippen molar-refractivity contribution in [2.45, 2.75) is 0 Å². The van der Waals surface area contributed by atoms with Gasteiger partial charge in [0.05, 0.1) is 5.56 Å². The van der Waals surface area contributed by atoms with E-state index in [0.29, 0.717) is 11.3 Å². The minimum atomic E-state index is 0.512. The van der Waals surface area contributed by atoms with Crippen molar-refractivity contribution in [3.05, 3.63) is 56.1 Å². The highest BCUT2D eigenvalue weighted by molar-refractivity contribution is 14.1. The van der Waals surface area contributed by atoms with Gasteiger partial charge in [0.1, 0.15) is 17.6 Å². The fourth-order valence-electron chi connectivity index (χ4n) is 1.34. The molecule has 0 saturated carbocycles. The molecule has 0 aromatic heterocycles. The van der Waals surface area contributed by atoms with Gasteiger partial charge in [0.15, 0.2) is 0 Å². The van der Waals surface area contributed by atoms with E-state index in [1.54, 1.807) is 12.1 Å². The molecule has 2 nitrogen and oxygen atoms in total. The molecule has 0 aliphatic heterocycles. The summed E-state index contributed by atoms with van der Waals surface area (Å²) >= 11 is 5.55. The average molecular weight is 400 g/mol. The van der Waals surface area contributed by atoms with Gasteiger partial charge in [0.2, 0.25) is 0 Å². The Morgan fingerprint density at radius 1 is 1.18 bits per heavy atom. The third-order valence-electron chi connectivity index (χ3n) is 2.09. The molecule has 0 heterocycles. The van der Waals surface area contributed by atoms with E-state index in [2.05, 4.69) is 44.6 Å². The Bertz CT molecular complexity index is 592. The Morgan fingerprint density at radius 3 is 2.71 bits per heavy atom. The van der Waals surface area contributed by atoms with Crippen LogP contribution < -0.4 is 4.74 Å². The molecular formula is C13H7BrINO. The van der Waals surface area contributed by atoms with E-state index in [0.717, 1.165) is 13.8 Å². The van der Waals surface area contributed by atoms with Gasteiger partial charge in [0.25, 0.3) is 0 Å². The molecule has 0 unspecified atom stereocenters. The summed E-state index contributed by atoms with van der Waals surface area (Å²) in [6.07, 6.45) is 0. The van der Waals surface area contributed by atoms with Crippen molar-refractivity contribution in [3.8, 4) is 17.6 Å². The van der Waals surface area contributed by atoms with E-state index in [4.69, 9.17) is 10.00 Å². The molecular weight excluding hydrogens is 393 g/mol. The van der Waals surface area contributed by atoms with Crippen LogP contribution in [0.5, 0.6) is 11.5 Å². The predicted molar refractivity (Wildman–Crippen MR) is 78.1 cm³/mol. The topological polar surface area (TPSA) is 33.0 Å². The van der Waals surface area contributed by atoms with Crippen LogP contribution in [0.3, 0.4) is 0 Å². The molecule has 4 heteroatoms. The second-order valence-electron chi connectivity index (χ2n) is 3.31. The first kappa shape index (κ1) is 12.4. The highest BCUT2D eigenvalue weighted by Crippen LogP contribution is 2.28. The molecule has 0 bridgehead atoms. The number of nitrogens with zero attached hydrogens (tertiary/aromatic N) is 1. The van der Waals surface area contributed by atoms with Crippen molar-refractivity contribution in [3.63, 3.8) is 0 Å². The molecule has 0 N–H and O–H groups in total. The minimum Gasteiger partial charge on any atom is -0.456 e. The van der Waals surface area contributed by atoms with Gasteiger partial charge in [0, 0.05) is 8.04 Å². The number of benzene rings is 2. The van der Waals surface area contributed by atoms with E-state index in [9.17, 15) is 0 Å². The number of rotatable bonds is 2. The van der Waals surface area contributed by atoms with Crippen molar-refractivity contribution in [2.75, 3.05) is 0 Å². The Morgan fingerprint density at radius 2 is 2.00 bits per heavy atom. The lowest BCUT2D eigenvalue weighted by Gasteiger charge is -2.07. The fraction of sp³-hybridized carbons (Fsp3) is 0. The first-order chi connectivity index (χ1) is 8.19. The van der Waals surface area contributed by atoms with E-state index < -0.39 is 0 Å². The first-order valence-corrected chi connectivity index (χ1v) is 6.69. The zero-order valence-corrected chi connectivity index (χ0v) is 12.4. The maximum absolute atomic E-state index is 9.02. The Kier molecular flexibility index (Phi) is 4.02. The summed E-state index contributed by atoms with van der Waals surface area (Å²) in [7, 11) is 0. The lowest BCUT2D eigenvalue weighted by Crippen LogP contribution is -1.88. The van der Waals surface area contributed by atoms with Crippen LogP contribution >= 0.6 is 38.5 Å². The van der Waals surface area contributed by atoms with Crippen LogP contribution in [-0.4, -0.2) is 0 Å². The van der Waals surface area contributed by atoms with Gasteiger partial charge in [-0.3, -0.25) is 0 Å².